The fourth-order valence-electron chi connectivity index (χ4n) is 3.80. The van der Waals surface area contributed by atoms with Crippen molar-refractivity contribution in [2.75, 3.05) is 12.3 Å². The minimum absolute atomic E-state index is 0.174. The maximum Gasteiger partial charge on any atom is 0.233 e. The van der Waals surface area contributed by atoms with Gasteiger partial charge in [-0.25, -0.2) is 0 Å². The molecule has 0 bridgehead atoms. The number of piperidine rings is 1. The molecule has 0 radical (unpaired) electrons. The highest BCUT2D eigenvalue weighted by Gasteiger charge is 2.26. The van der Waals surface area contributed by atoms with E-state index >= 15 is 0 Å². The molecule has 1 atom stereocenters. The summed E-state index contributed by atoms with van der Waals surface area (Å²) in [5.74, 6) is 1.58. The molecule has 3 heterocycles. The van der Waals surface area contributed by atoms with Crippen molar-refractivity contribution in [3.63, 3.8) is 0 Å². The number of aromatic nitrogens is 4. The molecule has 0 saturated carbocycles. The van der Waals surface area contributed by atoms with Gasteiger partial charge in [0.15, 0.2) is 11.5 Å². The molecule has 1 N–H and O–H groups in total. The maximum absolute atomic E-state index is 12.9. The quantitative estimate of drug-likeness (QED) is 0.627. The predicted molar refractivity (Wildman–Crippen MR) is 112 cm³/mol. The van der Waals surface area contributed by atoms with E-state index in [4.69, 9.17) is 0 Å². The van der Waals surface area contributed by atoms with Crippen molar-refractivity contribution in [3.05, 3.63) is 47.8 Å². The van der Waals surface area contributed by atoms with Crippen LogP contribution in [-0.2, 0) is 11.2 Å². The first-order valence-corrected chi connectivity index (χ1v) is 11.0. The second kappa shape index (κ2) is 8.82. The van der Waals surface area contributed by atoms with Gasteiger partial charge in [0.05, 0.1) is 5.75 Å². The molecule has 8 heteroatoms. The molecule has 1 aromatic carbocycles. The normalized spacial score (nSPS) is 17.0. The number of likely N-dealkylation sites (tertiary alicyclic amines) is 1. The van der Waals surface area contributed by atoms with Crippen molar-refractivity contribution in [2.24, 2.45) is 0 Å². The van der Waals surface area contributed by atoms with E-state index in [1.807, 2.05) is 31.2 Å². The Hall–Kier alpha value is -2.61. The lowest BCUT2D eigenvalue weighted by molar-refractivity contribution is -0.132. The van der Waals surface area contributed by atoms with Gasteiger partial charge in [0.25, 0.3) is 0 Å². The highest BCUT2D eigenvalue weighted by molar-refractivity contribution is 7.99. The summed E-state index contributed by atoms with van der Waals surface area (Å²) in [6.07, 6.45) is 5.15. The zero-order valence-corrected chi connectivity index (χ0v) is 17.3. The molecule has 0 aliphatic carbocycles. The van der Waals surface area contributed by atoms with Crippen LogP contribution in [0.4, 0.5) is 0 Å². The van der Waals surface area contributed by atoms with Gasteiger partial charge in [-0.1, -0.05) is 23.9 Å². The number of nitrogens with zero attached hydrogens (tertiary/aromatic N) is 5. The number of aryl methyl sites for hydroxylation is 2. The van der Waals surface area contributed by atoms with E-state index in [0.29, 0.717) is 11.4 Å². The van der Waals surface area contributed by atoms with E-state index in [0.717, 1.165) is 43.1 Å². The third-order valence-electron chi connectivity index (χ3n) is 5.39. The molecule has 29 heavy (non-hydrogen) atoms. The molecule has 7 nitrogen and oxygen atoms in total. The Morgan fingerprint density at radius 1 is 1.17 bits per heavy atom. The molecule has 1 fully saturated rings. The van der Waals surface area contributed by atoms with E-state index in [1.54, 1.807) is 16.6 Å². The van der Waals surface area contributed by atoms with Gasteiger partial charge < -0.3 is 10.0 Å². The van der Waals surface area contributed by atoms with Gasteiger partial charge >= 0.3 is 0 Å². The molecule has 1 unspecified atom stereocenters. The number of aromatic hydroxyl groups is 1. The number of benzene rings is 1. The highest BCUT2D eigenvalue weighted by atomic mass is 32.2. The van der Waals surface area contributed by atoms with Crippen LogP contribution in [0.25, 0.3) is 5.65 Å². The van der Waals surface area contributed by atoms with Gasteiger partial charge in [-0.3, -0.25) is 4.79 Å². The van der Waals surface area contributed by atoms with Crippen molar-refractivity contribution in [1.29, 1.82) is 0 Å². The van der Waals surface area contributed by atoms with Crippen molar-refractivity contribution in [3.8, 4) is 5.75 Å². The number of rotatable bonds is 6. The lowest BCUT2D eigenvalue weighted by Crippen LogP contribution is -2.44. The van der Waals surface area contributed by atoms with Crippen LogP contribution in [0.15, 0.2) is 41.4 Å². The molecular formula is C21H25N5O2S. The lowest BCUT2D eigenvalue weighted by Gasteiger charge is -2.36. The van der Waals surface area contributed by atoms with Crippen molar-refractivity contribution >= 4 is 23.3 Å². The first kappa shape index (κ1) is 19.7. The molecular weight excluding hydrogens is 386 g/mol. The van der Waals surface area contributed by atoms with Gasteiger partial charge in [-0.15, -0.1) is 10.2 Å². The Morgan fingerprint density at radius 3 is 2.83 bits per heavy atom. The van der Waals surface area contributed by atoms with E-state index in [1.165, 1.54) is 23.7 Å². The Bertz CT molecular complexity index is 988. The number of thioether (sulfide) groups is 1. The summed E-state index contributed by atoms with van der Waals surface area (Å²) in [5, 5.41) is 22.8. The van der Waals surface area contributed by atoms with Crippen LogP contribution in [0.2, 0.25) is 0 Å². The van der Waals surface area contributed by atoms with Crippen LogP contribution < -0.4 is 0 Å². The summed E-state index contributed by atoms with van der Waals surface area (Å²) in [6, 6.07) is 11.4. The standard InChI is InChI=1S/C21H25N5O2S/c1-15-22-23-19-11-12-20(24-26(15)19)29-14-21(28)25-13-3-2-4-17(25)8-5-16-6-9-18(27)10-7-16/h6-7,9-12,17,27H,2-5,8,13-14H2,1H3. The van der Waals surface area contributed by atoms with Gasteiger partial charge in [0.2, 0.25) is 5.91 Å². The zero-order valence-electron chi connectivity index (χ0n) is 16.5. The second-order valence-electron chi connectivity index (χ2n) is 7.42. The van der Waals surface area contributed by atoms with Gasteiger partial charge in [0, 0.05) is 12.6 Å². The van der Waals surface area contributed by atoms with Crippen molar-refractivity contribution in [2.45, 2.75) is 50.1 Å². The molecule has 1 saturated heterocycles. The van der Waals surface area contributed by atoms with Crippen LogP contribution in [0.3, 0.4) is 0 Å². The third kappa shape index (κ3) is 4.70. The van der Waals surface area contributed by atoms with Crippen LogP contribution in [0.5, 0.6) is 5.75 Å². The fourth-order valence-corrected chi connectivity index (χ4v) is 4.54. The molecule has 152 valence electrons. The number of carbonyl (C=O) groups excluding carboxylic acids is 1. The first-order valence-electron chi connectivity index (χ1n) is 9.99. The minimum Gasteiger partial charge on any atom is -0.508 e. The van der Waals surface area contributed by atoms with Crippen LogP contribution in [0.1, 0.15) is 37.1 Å². The zero-order chi connectivity index (χ0) is 20.2. The van der Waals surface area contributed by atoms with Crippen LogP contribution >= 0.6 is 11.8 Å². The third-order valence-corrected chi connectivity index (χ3v) is 6.29. The van der Waals surface area contributed by atoms with E-state index in [9.17, 15) is 9.90 Å². The smallest absolute Gasteiger partial charge is 0.233 e. The van der Waals surface area contributed by atoms with Gasteiger partial charge in [0.1, 0.15) is 10.8 Å². The molecule has 2 aromatic heterocycles. The minimum atomic E-state index is 0.174. The van der Waals surface area contributed by atoms with Gasteiger partial charge in [-0.2, -0.15) is 9.61 Å². The largest absolute Gasteiger partial charge is 0.508 e. The molecule has 1 aliphatic heterocycles. The summed E-state index contributed by atoms with van der Waals surface area (Å²) < 4.78 is 1.70. The SMILES string of the molecule is Cc1nnc2ccc(SCC(=O)N3CCCCC3CCc3ccc(O)cc3)nn12. The monoisotopic (exact) mass is 411 g/mol. The van der Waals surface area contributed by atoms with Crippen molar-refractivity contribution < 1.29 is 9.90 Å². The second-order valence-corrected chi connectivity index (χ2v) is 8.41. The Balaban J connectivity index is 1.36. The Kier molecular flexibility index (Phi) is 5.99. The average Bonchev–Trinajstić information content (AvgIpc) is 3.12. The van der Waals surface area contributed by atoms with Crippen molar-refractivity contribution in [1.82, 2.24) is 24.7 Å². The lowest BCUT2D eigenvalue weighted by atomic mass is 9.96. The van der Waals surface area contributed by atoms with Crippen LogP contribution in [-0.4, -0.2) is 54.1 Å². The molecule has 4 rings (SSSR count). The number of phenolic OH excluding ortho intramolecular Hbond substituents is 1. The maximum atomic E-state index is 12.9. The summed E-state index contributed by atoms with van der Waals surface area (Å²) >= 11 is 1.46. The summed E-state index contributed by atoms with van der Waals surface area (Å²) in [4.78, 5) is 15.0. The molecule has 1 aliphatic rings. The van der Waals surface area contributed by atoms with E-state index < -0.39 is 0 Å². The first-order chi connectivity index (χ1) is 14.1. The fraction of sp³-hybridized carbons (Fsp3) is 0.429. The number of carbonyl (C=O) groups is 1. The summed E-state index contributed by atoms with van der Waals surface area (Å²) in [6.45, 7) is 2.69. The number of fused-ring (bicyclic) bond motifs is 1. The average molecular weight is 412 g/mol. The van der Waals surface area contributed by atoms with Gasteiger partial charge in [-0.05, 0) is 68.9 Å². The highest BCUT2D eigenvalue weighted by Crippen LogP contribution is 2.24. The Morgan fingerprint density at radius 2 is 2.00 bits per heavy atom. The summed E-state index contributed by atoms with van der Waals surface area (Å²) in [7, 11) is 0. The van der Waals surface area contributed by atoms with E-state index in [-0.39, 0.29) is 17.7 Å². The molecule has 0 spiro atoms. The number of amides is 1. The molecule has 1 amide bonds. The summed E-state index contributed by atoms with van der Waals surface area (Å²) in [5.41, 5.74) is 1.90. The predicted octanol–water partition coefficient (Wildman–Crippen LogP) is 3.24. The number of phenols is 1. The van der Waals surface area contributed by atoms with E-state index in [2.05, 4.69) is 20.2 Å². The Labute approximate surface area is 174 Å². The number of hydrogen-bond donors (Lipinski definition) is 1. The van der Waals surface area contributed by atoms with Crippen LogP contribution in [0, 0.1) is 6.92 Å². The number of hydrogen-bond acceptors (Lipinski definition) is 6. The topological polar surface area (TPSA) is 83.6 Å². The molecule has 3 aromatic rings.